The summed E-state index contributed by atoms with van der Waals surface area (Å²) in [5.41, 5.74) is 1.93. The Morgan fingerprint density at radius 3 is 2.06 bits per heavy atom. The Labute approximate surface area is 195 Å². The van der Waals surface area contributed by atoms with Gasteiger partial charge >= 0.3 is 0 Å². The molecule has 0 radical (unpaired) electrons. The third-order valence-corrected chi connectivity index (χ3v) is 7.92. The molecule has 0 spiro atoms. The molecular formula is C27H22BrNO3. The molecule has 32 heavy (non-hydrogen) atoms. The lowest BCUT2D eigenvalue weighted by atomic mass is 9.73. The zero-order valence-electron chi connectivity index (χ0n) is 17.4. The topological polar surface area (TPSA) is 46.6 Å². The van der Waals surface area contributed by atoms with Gasteiger partial charge in [0, 0.05) is 4.47 Å². The van der Waals surface area contributed by atoms with E-state index in [0.29, 0.717) is 23.3 Å². The molecule has 0 N–H and O–H groups in total. The molecule has 1 heterocycles. The van der Waals surface area contributed by atoms with E-state index in [1.165, 1.54) is 10.5 Å². The molecular weight excluding hydrogens is 466 g/mol. The van der Waals surface area contributed by atoms with E-state index in [-0.39, 0.29) is 29.6 Å². The summed E-state index contributed by atoms with van der Waals surface area (Å²) in [5.74, 6) is 1.92. The van der Waals surface area contributed by atoms with Gasteiger partial charge in [-0.15, -0.1) is 0 Å². The van der Waals surface area contributed by atoms with E-state index in [9.17, 15) is 9.59 Å². The van der Waals surface area contributed by atoms with Crippen LogP contribution in [0.4, 0.5) is 5.69 Å². The van der Waals surface area contributed by atoms with Gasteiger partial charge in [0.15, 0.2) is 0 Å². The van der Waals surface area contributed by atoms with Crippen molar-refractivity contribution in [3.63, 3.8) is 0 Å². The minimum atomic E-state index is -0.190. The summed E-state index contributed by atoms with van der Waals surface area (Å²) in [7, 11) is 0. The smallest absolute Gasteiger partial charge is 0.237 e. The SMILES string of the molecule is O=C1C2C3CC(c4ccccc4)C(C3)C2C(=O)N1c1ccc(Oc2ccc(Br)cc2)cc1. The average molecular weight is 488 g/mol. The van der Waals surface area contributed by atoms with Crippen molar-refractivity contribution in [1.29, 1.82) is 0 Å². The van der Waals surface area contributed by atoms with E-state index in [1.54, 1.807) is 0 Å². The van der Waals surface area contributed by atoms with E-state index in [0.717, 1.165) is 23.1 Å². The maximum absolute atomic E-state index is 13.4. The highest BCUT2D eigenvalue weighted by atomic mass is 79.9. The zero-order chi connectivity index (χ0) is 21.8. The third-order valence-electron chi connectivity index (χ3n) is 7.39. The summed E-state index contributed by atoms with van der Waals surface area (Å²) < 4.78 is 6.86. The first-order valence-corrected chi connectivity index (χ1v) is 11.9. The molecule has 6 rings (SSSR count). The summed E-state index contributed by atoms with van der Waals surface area (Å²) in [6, 6.07) is 25.3. The van der Waals surface area contributed by atoms with Crippen LogP contribution in [0.3, 0.4) is 0 Å². The van der Waals surface area contributed by atoms with Gasteiger partial charge in [-0.2, -0.15) is 0 Å². The summed E-state index contributed by atoms with van der Waals surface area (Å²) in [4.78, 5) is 28.2. The lowest BCUT2D eigenvalue weighted by Gasteiger charge is -2.28. The monoisotopic (exact) mass is 487 g/mol. The fourth-order valence-electron chi connectivity index (χ4n) is 6.10. The molecule has 160 valence electrons. The molecule has 1 aliphatic heterocycles. The fourth-order valence-corrected chi connectivity index (χ4v) is 6.36. The van der Waals surface area contributed by atoms with E-state index >= 15 is 0 Å². The van der Waals surface area contributed by atoms with Gasteiger partial charge < -0.3 is 4.74 Å². The molecule has 5 atom stereocenters. The van der Waals surface area contributed by atoms with Crippen LogP contribution in [0, 0.1) is 23.7 Å². The molecule has 3 fully saturated rings. The molecule has 4 nitrogen and oxygen atoms in total. The highest BCUT2D eigenvalue weighted by Crippen LogP contribution is 2.61. The van der Waals surface area contributed by atoms with E-state index in [1.807, 2.05) is 54.6 Å². The second-order valence-electron chi connectivity index (χ2n) is 9.03. The molecule has 2 aliphatic carbocycles. The molecule has 3 aromatic rings. The van der Waals surface area contributed by atoms with Gasteiger partial charge in [0.25, 0.3) is 0 Å². The number of hydrogen-bond donors (Lipinski definition) is 0. The molecule has 2 bridgehead atoms. The summed E-state index contributed by atoms with van der Waals surface area (Å²) >= 11 is 3.41. The van der Waals surface area contributed by atoms with Crippen molar-refractivity contribution in [2.24, 2.45) is 23.7 Å². The van der Waals surface area contributed by atoms with Crippen LogP contribution in [0.25, 0.3) is 0 Å². The van der Waals surface area contributed by atoms with E-state index in [2.05, 4.69) is 40.2 Å². The number of halogens is 1. The van der Waals surface area contributed by atoms with Gasteiger partial charge in [0.2, 0.25) is 11.8 Å². The van der Waals surface area contributed by atoms with Crippen LogP contribution in [-0.4, -0.2) is 11.8 Å². The molecule has 5 unspecified atom stereocenters. The predicted molar refractivity (Wildman–Crippen MR) is 126 cm³/mol. The number of carbonyl (C=O) groups excluding carboxylic acids is 2. The van der Waals surface area contributed by atoms with Crippen LogP contribution in [0.15, 0.2) is 83.3 Å². The maximum atomic E-state index is 13.4. The first kappa shape index (κ1) is 19.7. The number of ether oxygens (including phenoxy) is 1. The van der Waals surface area contributed by atoms with Gasteiger partial charge in [-0.1, -0.05) is 46.3 Å². The first-order valence-electron chi connectivity index (χ1n) is 11.1. The molecule has 2 amide bonds. The van der Waals surface area contributed by atoms with Crippen molar-refractivity contribution < 1.29 is 14.3 Å². The number of hydrogen-bond acceptors (Lipinski definition) is 3. The second kappa shape index (κ2) is 7.59. The number of carbonyl (C=O) groups is 2. The van der Waals surface area contributed by atoms with Crippen LogP contribution in [-0.2, 0) is 9.59 Å². The number of nitrogens with zero attached hydrogens (tertiary/aromatic N) is 1. The Balaban J connectivity index is 1.23. The molecule has 1 saturated heterocycles. The Kier molecular flexibility index (Phi) is 4.68. The highest BCUT2D eigenvalue weighted by molar-refractivity contribution is 9.10. The standard InChI is InChI=1S/C27H22BrNO3/c28-18-6-10-20(11-7-18)32-21-12-8-19(9-13-21)29-26(30)24-17-14-22(16-4-2-1-3-5-16)23(15-17)25(24)27(29)31/h1-13,17,22-25H,14-15H2. The minimum Gasteiger partial charge on any atom is -0.457 e. The number of fused-ring (bicyclic) bond motifs is 5. The quantitative estimate of drug-likeness (QED) is 0.413. The lowest BCUT2D eigenvalue weighted by molar-refractivity contribution is -0.123. The fraction of sp³-hybridized carbons (Fsp3) is 0.259. The number of amides is 2. The van der Waals surface area contributed by atoms with Gasteiger partial charge in [-0.3, -0.25) is 14.5 Å². The van der Waals surface area contributed by atoms with Gasteiger partial charge in [0.05, 0.1) is 17.5 Å². The van der Waals surface area contributed by atoms with Crippen molar-refractivity contribution in [3.8, 4) is 11.5 Å². The van der Waals surface area contributed by atoms with Crippen molar-refractivity contribution in [1.82, 2.24) is 0 Å². The molecule has 3 aromatic carbocycles. The molecule has 2 saturated carbocycles. The van der Waals surface area contributed by atoms with E-state index < -0.39 is 0 Å². The van der Waals surface area contributed by atoms with Crippen LogP contribution in [0.1, 0.15) is 24.3 Å². The Hall–Kier alpha value is -2.92. The minimum absolute atomic E-state index is 0.0272. The summed E-state index contributed by atoms with van der Waals surface area (Å²) in [5, 5.41) is 0. The Morgan fingerprint density at radius 2 is 1.38 bits per heavy atom. The third kappa shape index (κ3) is 3.10. The van der Waals surface area contributed by atoms with Crippen LogP contribution < -0.4 is 9.64 Å². The largest absolute Gasteiger partial charge is 0.457 e. The van der Waals surface area contributed by atoms with Crippen LogP contribution >= 0.6 is 15.9 Å². The number of imide groups is 1. The van der Waals surface area contributed by atoms with Crippen LogP contribution in [0.5, 0.6) is 11.5 Å². The first-order chi connectivity index (χ1) is 15.6. The Bertz CT molecular complexity index is 1180. The summed E-state index contributed by atoms with van der Waals surface area (Å²) in [6.45, 7) is 0. The maximum Gasteiger partial charge on any atom is 0.237 e. The zero-order valence-corrected chi connectivity index (χ0v) is 18.9. The normalized spacial score (nSPS) is 28.3. The lowest BCUT2D eigenvalue weighted by Crippen LogP contribution is -2.32. The number of rotatable bonds is 4. The number of anilines is 1. The van der Waals surface area contributed by atoms with Crippen molar-refractivity contribution >= 4 is 33.4 Å². The molecule has 5 heteroatoms. The van der Waals surface area contributed by atoms with Crippen molar-refractivity contribution in [2.45, 2.75) is 18.8 Å². The highest BCUT2D eigenvalue weighted by Gasteiger charge is 2.64. The van der Waals surface area contributed by atoms with Crippen LogP contribution in [0.2, 0.25) is 0 Å². The predicted octanol–water partition coefficient (Wildman–Crippen LogP) is 6.17. The molecule has 3 aliphatic rings. The van der Waals surface area contributed by atoms with E-state index in [4.69, 9.17) is 4.74 Å². The van der Waals surface area contributed by atoms with Crippen molar-refractivity contribution in [2.75, 3.05) is 4.90 Å². The van der Waals surface area contributed by atoms with Crippen molar-refractivity contribution in [3.05, 3.63) is 88.9 Å². The summed E-state index contributed by atoms with van der Waals surface area (Å²) in [6.07, 6.45) is 1.99. The van der Waals surface area contributed by atoms with Gasteiger partial charge in [-0.05, 0) is 84.7 Å². The van der Waals surface area contributed by atoms with Gasteiger partial charge in [0.1, 0.15) is 11.5 Å². The Morgan fingerprint density at radius 1 is 0.750 bits per heavy atom. The number of benzene rings is 3. The van der Waals surface area contributed by atoms with Gasteiger partial charge in [-0.25, -0.2) is 0 Å². The second-order valence-corrected chi connectivity index (χ2v) is 9.94. The molecule has 0 aromatic heterocycles. The average Bonchev–Trinajstić information content (AvgIpc) is 3.48.